The molecule has 1 aromatic rings. The molecule has 0 fully saturated rings. The Kier molecular flexibility index (Phi) is 6.00. The molecule has 1 unspecified atom stereocenters. The molecule has 1 rings (SSSR count). The van der Waals surface area contributed by atoms with Crippen molar-refractivity contribution in [3.63, 3.8) is 0 Å². The topological polar surface area (TPSA) is 73.6 Å². The quantitative estimate of drug-likeness (QED) is 0.715. The van der Waals surface area contributed by atoms with E-state index in [1.165, 1.54) is 0 Å². The molecular weight excluding hydrogens is 232 g/mol. The summed E-state index contributed by atoms with van der Waals surface area (Å²) in [5.41, 5.74) is 6.21. The number of nitrogens with one attached hydrogen (secondary N) is 1. The smallest absolute Gasteiger partial charge is 0.258 e. The molecule has 100 valence electrons. The highest BCUT2D eigenvalue weighted by Gasteiger charge is 2.07. The summed E-state index contributed by atoms with van der Waals surface area (Å²) >= 11 is 0. The number of carbonyl (C=O) groups is 1. The molecule has 0 saturated heterocycles. The van der Waals surface area contributed by atoms with E-state index in [2.05, 4.69) is 5.32 Å². The molecule has 3 N–H and O–H groups in total. The number of rotatable bonds is 7. The van der Waals surface area contributed by atoms with Crippen LogP contribution in [0.3, 0.4) is 0 Å². The molecule has 1 atom stereocenters. The van der Waals surface area contributed by atoms with Crippen molar-refractivity contribution < 1.29 is 14.3 Å². The van der Waals surface area contributed by atoms with E-state index in [-0.39, 0.29) is 18.6 Å². The zero-order valence-electron chi connectivity index (χ0n) is 10.8. The van der Waals surface area contributed by atoms with Gasteiger partial charge in [-0.2, -0.15) is 0 Å². The van der Waals surface area contributed by atoms with E-state index < -0.39 is 0 Å². The molecule has 0 aromatic heterocycles. The van der Waals surface area contributed by atoms with Crippen LogP contribution in [0.15, 0.2) is 24.3 Å². The van der Waals surface area contributed by atoms with E-state index in [1.807, 2.05) is 6.92 Å². The van der Waals surface area contributed by atoms with Gasteiger partial charge in [-0.15, -0.1) is 0 Å². The average molecular weight is 252 g/mol. The largest absolute Gasteiger partial charge is 0.484 e. The Morgan fingerprint density at radius 1 is 1.39 bits per heavy atom. The molecule has 0 aliphatic carbocycles. The number of methoxy groups -OCH3 is 1. The minimum atomic E-state index is -0.143. The molecule has 0 heterocycles. The van der Waals surface area contributed by atoms with Crippen molar-refractivity contribution in [3.05, 3.63) is 24.3 Å². The van der Waals surface area contributed by atoms with Gasteiger partial charge in [-0.05, 0) is 37.6 Å². The molecule has 0 radical (unpaired) electrons. The third kappa shape index (κ3) is 5.54. The Morgan fingerprint density at radius 3 is 2.67 bits per heavy atom. The van der Waals surface area contributed by atoms with E-state index in [9.17, 15) is 4.79 Å². The van der Waals surface area contributed by atoms with Crippen LogP contribution in [0.4, 0.5) is 5.69 Å². The lowest BCUT2D eigenvalue weighted by Gasteiger charge is -2.13. The van der Waals surface area contributed by atoms with Crippen LogP contribution in [0.5, 0.6) is 5.75 Å². The zero-order valence-corrected chi connectivity index (χ0v) is 10.8. The second-order valence-corrected chi connectivity index (χ2v) is 4.11. The second-order valence-electron chi connectivity index (χ2n) is 4.11. The molecule has 5 heteroatoms. The molecule has 0 aliphatic rings. The summed E-state index contributed by atoms with van der Waals surface area (Å²) in [6.45, 7) is 2.56. The van der Waals surface area contributed by atoms with Crippen LogP contribution in [0.25, 0.3) is 0 Å². The molecule has 0 aliphatic heterocycles. The SMILES string of the molecule is COCCC(C)NC(=O)COc1ccc(N)cc1. The first-order valence-electron chi connectivity index (χ1n) is 5.88. The Morgan fingerprint density at radius 2 is 2.06 bits per heavy atom. The Hall–Kier alpha value is -1.75. The summed E-state index contributed by atoms with van der Waals surface area (Å²) < 4.78 is 10.3. The fourth-order valence-electron chi connectivity index (χ4n) is 1.40. The highest BCUT2D eigenvalue weighted by atomic mass is 16.5. The number of anilines is 1. The number of carbonyl (C=O) groups excluding carboxylic acids is 1. The average Bonchev–Trinajstić information content (AvgIpc) is 2.35. The van der Waals surface area contributed by atoms with Crippen LogP contribution in [0.1, 0.15) is 13.3 Å². The lowest BCUT2D eigenvalue weighted by atomic mass is 10.2. The summed E-state index contributed by atoms with van der Waals surface area (Å²) in [5, 5.41) is 2.83. The maximum Gasteiger partial charge on any atom is 0.258 e. The summed E-state index contributed by atoms with van der Waals surface area (Å²) in [7, 11) is 1.64. The fraction of sp³-hybridized carbons (Fsp3) is 0.462. The number of hydrogen-bond acceptors (Lipinski definition) is 4. The van der Waals surface area contributed by atoms with Crippen molar-refractivity contribution in [3.8, 4) is 5.75 Å². The first-order chi connectivity index (χ1) is 8.61. The van der Waals surface area contributed by atoms with Gasteiger partial charge in [0.2, 0.25) is 0 Å². The van der Waals surface area contributed by atoms with Crippen LogP contribution in [-0.2, 0) is 9.53 Å². The normalized spacial score (nSPS) is 11.9. The molecular formula is C13H20N2O3. The zero-order chi connectivity index (χ0) is 13.4. The number of hydrogen-bond donors (Lipinski definition) is 2. The van der Waals surface area contributed by atoms with Gasteiger partial charge in [0.15, 0.2) is 6.61 Å². The van der Waals surface area contributed by atoms with Crippen LogP contribution >= 0.6 is 0 Å². The summed E-state index contributed by atoms with van der Waals surface area (Å²) in [4.78, 5) is 11.6. The van der Waals surface area contributed by atoms with Crippen LogP contribution < -0.4 is 15.8 Å². The lowest BCUT2D eigenvalue weighted by molar-refractivity contribution is -0.123. The maximum atomic E-state index is 11.6. The highest BCUT2D eigenvalue weighted by molar-refractivity contribution is 5.77. The van der Waals surface area contributed by atoms with Gasteiger partial charge in [0.1, 0.15) is 5.75 Å². The third-order valence-corrected chi connectivity index (χ3v) is 2.41. The number of ether oxygens (including phenoxy) is 2. The fourth-order valence-corrected chi connectivity index (χ4v) is 1.40. The predicted molar refractivity (Wildman–Crippen MR) is 70.4 cm³/mol. The maximum absolute atomic E-state index is 11.6. The molecule has 0 bridgehead atoms. The first kappa shape index (κ1) is 14.3. The Labute approximate surface area is 107 Å². The molecule has 0 saturated carbocycles. The van der Waals surface area contributed by atoms with E-state index in [4.69, 9.17) is 15.2 Å². The van der Waals surface area contributed by atoms with Gasteiger partial charge >= 0.3 is 0 Å². The van der Waals surface area contributed by atoms with Gasteiger partial charge in [0.05, 0.1) is 0 Å². The van der Waals surface area contributed by atoms with E-state index in [0.717, 1.165) is 6.42 Å². The summed E-state index contributed by atoms with van der Waals surface area (Å²) in [5.74, 6) is 0.485. The van der Waals surface area contributed by atoms with Gasteiger partial charge in [-0.25, -0.2) is 0 Å². The van der Waals surface area contributed by atoms with Gasteiger partial charge in [-0.3, -0.25) is 4.79 Å². The van der Waals surface area contributed by atoms with Crippen molar-refractivity contribution in [2.45, 2.75) is 19.4 Å². The Bertz CT molecular complexity index is 365. The molecule has 1 amide bonds. The van der Waals surface area contributed by atoms with E-state index in [0.29, 0.717) is 18.0 Å². The summed E-state index contributed by atoms with van der Waals surface area (Å²) in [6, 6.07) is 7.00. The van der Waals surface area contributed by atoms with Crippen molar-refractivity contribution in [1.82, 2.24) is 5.32 Å². The van der Waals surface area contributed by atoms with E-state index >= 15 is 0 Å². The monoisotopic (exact) mass is 252 g/mol. The second kappa shape index (κ2) is 7.55. The molecule has 5 nitrogen and oxygen atoms in total. The number of amides is 1. The van der Waals surface area contributed by atoms with Crippen molar-refractivity contribution in [1.29, 1.82) is 0 Å². The standard InChI is InChI=1S/C13H20N2O3/c1-10(7-8-17-2)15-13(16)9-18-12-5-3-11(14)4-6-12/h3-6,10H,7-9,14H2,1-2H3,(H,15,16). The molecule has 1 aromatic carbocycles. The molecule has 0 spiro atoms. The van der Waals surface area contributed by atoms with Crippen LogP contribution in [0, 0.1) is 0 Å². The molecule has 18 heavy (non-hydrogen) atoms. The number of benzene rings is 1. The lowest BCUT2D eigenvalue weighted by Crippen LogP contribution is -2.36. The van der Waals surface area contributed by atoms with Crippen molar-refractivity contribution in [2.24, 2.45) is 0 Å². The van der Waals surface area contributed by atoms with Gasteiger partial charge in [-0.1, -0.05) is 0 Å². The van der Waals surface area contributed by atoms with Crippen LogP contribution in [-0.4, -0.2) is 32.3 Å². The van der Waals surface area contributed by atoms with Crippen molar-refractivity contribution >= 4 is 11.6 Å². The number of nitrogens with two attached hydrogens (primary N) is 1. The third-order valence-electron chi connectivity index (χ3n) is 2.41. The van der Waals surface area contributed by atoms with Crippen LogP contribution in [0.2, 0.25) is 0 Å². The Balaban J connectivity index is 2.26. The van der Waals surface area contributed by atoms with E-state index in [1.54, 1.807) is 31.4 Å². The number of nitrogen functional groups attached to an aromatic ring is 1. The minimum absolute atomic E-state index is 0.00123. The van der Waals surface area contributed by atoms with Gasteiger partial charge in [0, 0.05) is 25.4 Å². The first-order valence-corrected chi connectivity index (χ1v) is 5.88. The predicted octanol–water partition coefficient (Wildman–Crippen LogP) is 1.19. The van der Waals surface area contributed by atoms with Crippen molar-refractivity contribution in [2.75, 3.05) is 26.1 Å². The highest BCUT2D eigenvalue weighted by Crippen LogP contribution is 2.12. The van der Waals surface area contributed by atoms with Gasteiger partial charge in [0.25, 0.3) is 5.91 Å². The van der Waals surface area contributed by atoms with Gasteiger partial charge < -0.3 is 20.5 Å². The summed E-state index contributed by atoms with van der Waals surface area (Å²) in [6.07, 6.45) is 0.782. The minimum Gasteiger partial charge on any atom is -0.484 e.